The molecule has 0 spiro atoms. The fourth-order valence-corrected chi connectivity index (χ4v) is 8.50. The van der Waals surface area contributed by atoms with E-state index >= 15 is 0 Å². The molecule has 18 heteroatoms. The topological polar surface area (TPSA) is 239 Å². The number of hydrogen-bond donors (Lipinski definition) is 8. The van der Waals surface area contributed by atoms with Crippen LogP contribution in [-0.4, -0.2) is 118 Å². The van der Waals surface area contributed by atoms with Crippen molar-refractivity contribution >= 4 is 38.8 Å². The Balaban J connectivity index is 4.65. The Bertz CT molecular complexity index is 748. The lowest BCUT2D eigenvalue weighted by molar-refractivity contribution is -0.870. The van der Waals surface area contributed by atoms with Crippen molar-refractivity contribution in [2.45, 2.75) is 45.6 Å². The van der Waals surface area contributed by atoms with Gasteiger partial charge < -0.3 is 56.3 Å². The van der Waals surface area contributed by atoms with Gasteiger partial charge in [-0.05, 0) is 26.2 Å². The molecule has 0 bridgehead atoms. The number of likely N-dealkylation sites (N-methyl/N-ethyl adjacent to an activating group) is 1. The van der Waals surface area contributed by atoms with E-state index in [2.05, 4.69) is 19.6 Å². The molecule has 0 heterocycles. The Hall–Kier alpha value is -1.32. The predicted molar refractivity (Wildman–Crippen MR) is 128 cm³/mol. The molecule has 15 nitrogen and oxygen atoms in total. The highest BCUT2D eigenvalue weighted by molar-refractivity contribution is 6.75. The molecule has 0 aromatic carbocycles. The molecular formula is C18H40N3O12Si3+. The number of hydrogen-bond acceptors (Lipinski definition) is 13. The first-order valence-corrected chi connectivity index (χ1v) is 16.7. The van der Waals surface area contributed by atoms with E-state index in [9.17, 15) is 19.6 Å². The standard InChI is InChI=1S/C18H39N3O12Si3/c1-15(17(23)31-11-10-21(3,4)5)13-18(2,14-19)8-7-16(22)20-9-6-12-34(24,32-35(25,26)27)33-36(28,29)30/h15,24-30H,6-13H2,1-5H3/p+1. The minimum Gasteiger partial charge on any atom is -0.459 e. The maximum Gasteiger partial charge on any atom is 0.663 e. The van der Waals surface area contributed by atoms with Gasteiger partial charge in [0.15, 0.2) is 0 Å². The number of carbonyl (C=O) groups is 2. The van der Waals surface area contributed by atoms with E-state index in [1.807, 2.05) is 21.1 Å². The molecule has 0 aromatic heterocycles. The van der Waals surface area contributed by atoms with Gasteiger partial charge in [-0.15, -0.1) is 0 Å². The van der Waals surface area contributed by atoms with Crippen LogP contribution in [0.4, 0.5) is 0 Å². The van der Waals surface area contributed by atoms with Gasteiger partial charge in [-0.2, -0.15) is 5.26 Å². The summed E-state index contributed by atoms with van der Waals surface area (Å²) in [5, 5.41) is 12.1. The van der Waals surface area contributed by atoms with Gasteiger partial charge >= 0.3 is 32.9 Å². The maximum atomic E-state index is 12.2. The quantitative estimate of drug-likeness (QED) is 0.0371. The number of rotatable bonds is 17. The van der Waals surface area contributed by atoms with Crippen LogP contribution in [0.5, 0.6) is 0 Å². The van der Waals surface area contributed by atoms with Gasteiger partial charge in [0.2, 0.25) is 5.91 Å². The Labute approximate surface area is 214 Å². The molecular weight excluding hydrogens is 534 g/mol. The predicted octanol–water partition coefficient (Wildman–Crippen LogP) is -3.13. The summed E-state index contributed by atoms with van der Waals surface area (Å²) in [6, 6.07) is 1.58. The summed E-state index contributed by atoms with van der Waals surface area (Å²) >= 11 is 0. The fraction of sp³-hybridized carbons (Fsp3) is 0.833. The van der Waals surface area contributed by atoms with Gasteiger partial charge in [0.25, 0.3) is 0 Å². The molecule has 2 unspecified atom stereocenters. The Morgan fingerprint density at radius 3 is 2.03 bits per heavy atom. The summed E-state index contributed by atoms with van der Waals surface area (Å²) in [5.41, 5.74) is -0.973. The van der Waals surface area contributed by atoms with Gasteiger partial charge in [0.1, 0.15) is 13.2 Å². The van der Waals surface area contributed by atoms with Crippen molar-refractivity contribution in [2.24, 2.45) is 11.3 Å². The second-order valence-electron chi connectivity index (χ2n) is 9.98. The third kappa shape index (κ3) is 17.2. The Kier molecular flexibility index (Phi) is 13.5. The maximum absolute atomic E-state index is 12.2. The highest BCUT2D eigenvalue weighted by atomic mass is 28.5. The van der Waals surface area contributed by atoms with Crippen LogP contribution in [0.1, 0.15) is 39.5 Å². The van der Waals surface area contributed by atoms with E-state index < -0.39 is 56.2 Å². The summed E-state index contributed by atoms with van der Waals surface area (Å²) in [4.78, 5) is 88.6. The average molecular weight is 575 g/mol. The van der Waals surface area contributed by atoms with Crippen LogP contribution in [0.15, 0.2) is 0 Å². The number of esters is 1. The lowest BCUT2D eigenvalue weighted by Crippen LogP contribution is -2.60. The van der Waals surface area contributed by atoms with Crippen LogP contribution in [0.3, 0.4) is 0 Å². The largest absolute Gasteiger partial charge is 0.663 e. The second kappa shape index (κ2) is 14.0. The van der Waals surface area contributed by atoms with Crippen molar-refractivity contribution in [3.8, 4) is 6.07 Å². The average Bonchev–Trinajstić information content (AvgIpc) is 2.65. The van der Waals surface area contributed by atoms with E-state index in [-0.39, 0.29) is 38.8 Å². The van der Waals surface area contributed by atoms with E-state index in [4.69, 9.17) is 33.5 Å². The molecule has 8 N–H and O–H groups in total. The van der Waals surface area contributed by atoms with Crippen molar-refractivity contribution in [1.82, 2.24) is 5.32 Å². The van der Waals surface area contributed by atoms with E-state index in [1.165, 1.54) is 0 Å². The van der Waals surface area contributed by atoms with Crippen molar-refractivity contribution in [3.63, 3.8) is 0 Å². The first kappa shape index (κ1) is 34.7. The van der Waals surface area contributed by atoms with Crippen LogP contribution >= 0.6 is 0 Å². The van der Waals surface area contributed by atoms with Gasteiger partial charge in [-0.25, -0.2) is 0 Å². The number of ether oxygens (including phenoxy) is 1. The van der Waals surface area contributed by atoms with Crippen LogP contribution in [0, 0.1) is 22.7 Å². The second-order valence-corrected chi connectivity index (χ2v) is 15.8. The molecule has 0 radical (unpaired) electrons. The lowest BCUT2D eigenvalue weighted by Gasteiger charge is -2.28. The number of amides is 1. The van der Waals surface area contributed by atoms with Gasteiger partial charge in [0.05, 0.1) is 38.5 Å². The molecule has 0 aliphatic heterocycles. The van der Waals surface area contributed by atoms with Gasteiger partial charge in [0, 0.05) is 19.0 Å². The van der Waals surface area contributed by atoms with Crippen LogP contribution in [0.25, 0.3) is 0 Å². The third-order valence-corrected chi connectivity index (χ3v) is 10.7. The Morgan fingerprint density at radius 1 is 1.06 bits per heavy atom. The molecule has 0 saturated carbocycles. The zero-order valence-electron chi connectivity index (χ0n) is 21.3. The SMILES string of the molecule is CC(CC(C)(C#N)CCC(=O)NCCC[Si](O)(O[Si](O)(O)O)O[Si](O)(O)O)C(=O)OCC[N+](C)(C)C. The zero-order valence-corrected chi connectivity index (χ0v) is 24.3. The first-order valence-electron chi connectivity index (χ1n) is 11.2. The molecule has 0 saturated heterocycles. The number of carbonyl (C=O) groups excluding carboxylic acids is 2. The number of nitrogens with zero attached hydrogens (tertiary/aromatic N) is 2. The molecule has 0 aromatic rings. The van der Waals surface area contributed by atoms with E-state index in [0.717, 1.165) is 0 Å². The summed E-state index contributed by atoms with van der Waals surface area (Å²) < 4.78 is 14.4. The number of nitrogens with one attached hydrogen (secondary N) is 1. The summed E-state index contributed by atoms with van der Waals surface area (Å²) in [7, 11) is -9.56. The summed E-state index contributed by atoms with van der Waals surface area (Å²) in [6.45, 7) is 4.10. The monoisotopic (exact) mass is 574 g/mol. The minimum atomic E-state index is -5.33. The van der Waals surface area contributed by atoms with Crippen molar-refractivity contribution in [1.29, 1.82) is 5.26 Å². The van der Waals surface area contributed by atoms with Crippen molar-refractivity contribution < 1.29 is 60.6 Å². The van der Waals surface area contributed by atoms with Crippen LogP contribution in [0.2, 0.25) is 6.04 Å². The number of quaternary nitrogens is 1. The van der Waals surface area contributed by atoms with Crippen molar-refractivity contribution in [2.75, 3.05) is 40.8 Å². The highest BCUT2D eigenvalue weighted by Crippen LogP contribution is 2.31. The summed E-state index contributed by atoms with van der Waals surface area (Å²) in [6.07, 6.45) is 0.173. The first-order chi connectivity index (χ1) is 16.1. The van der Waals surface area contributed by atoms with E-state index in [0.29, 0.717) is 11.0 Å². The lowest BCUT2D eigenvalue weighted by atomic mass is 9.79. The smallest absolute Gasteiger partial charge is 0.459 e. The number of nitriles is 1. The fourth-order valence-electron chi connectivity index (χ4n) is 3.09. The van der Waals surface area contributed by atoms with Gasteiger partial charge in [-0.3, -0.25) is 9.59 Å². The Morgan fingerprint density at radius 2 is 1.58 bits per heavy atom. The summed E-state index contributed by atoms with van der Waals surface area (Å²) in [5.74, 6) is -1.42. The molecule has 1 amide bonds. The molecule has 0 aliphatic rings. The molecule has 0 fully saturated rings. The normalized spacial score (nSPS) is 15.5. The highest BCUT2D eigenvalue weighted by Gasteiger charge is 2.53. The molecule has 0 rings (SSSR count). The minimum absolute atomic E-state index is 0.0537. The van der Waals surface area contributed by atoms with Crippen LogP contribution < -0.4 is 5.32 Å². The molecule has 2 atom stereocenters. The molecule has 210 valence electrons. The molecule has 0 aliphatic carbocycles. The third-order valence-electron chi connectivity index (χ3n) is 4.92. The zero-order chi connectivity index (χ0) is 28.4. The van der Waals surface area contributed by atoms with Crippen LogP contribution in [-0.2, 0) is 22.6 Å². The van der Waals surface area contributed by atoms with Crippen molar-refractivity contribution in [3.05, 3.63) is 0 Å². The van der Waals surface area contributed by atoms with Gasteiger partial charge in [-0.1, -0.05) is 6.92 Å². The molecule has 36 heavy (non-hydrogen) atoms. The van der Waals surface area contributed by atoms with E-state index in [1.54, 1.807) is 13.8 Å².